The molecule has 27 heavy (non-hydrogen) atoms. The first-order chi connectivity index (χ1) is 13.2. The average molecular weight is 364 g/mol. The van der Waals surface area contributed by atoms with Gasteiger partial charge in [0, 0.05) is 12.4 Å². The molecule has 2 N–H and O–H groups in total. The molecule has 1 aromatic heterocycles. The number of aromatic hydroxyl groups is 1. The van der Waals surface area contributed by atoms with Gasteiger partial charge in [-0.3, -0.25) is 9.78 Å². The van der Waals surface area contributed by atoms with Gasteiger partial charge in [0.1, 0.15) is 5.75 Å². The fourth-order valence-corrected chi connectivity index (χ4v) is 2.56. The molecule has 0 aliphatic rings. The van der Waals surface area contributed by atoms with E-state index in [9.17, 15) is 9.90 Å². The van der Waals surface area contributed by atoms with E-state index in [0.29, 0.717) is 17.2 Å². The maximum Gasteiger partial charge on any atom is 0.227 e. The number of amides is 1. The van der Waals surface area contributed by atoms with Crippen LogP contribution in [0.25, 0.3) is 11.1 Å². The van der Waals surface area contributed by atoms with Crippen LogP contribution in [0.4, 0.5) is 5.69 Å². The molecule has 0 fully saturated rings. The summed E-state index contributed by atoms with van der Waals surface area (Å²) in [6.45, 7) is 0.154. The average Bonchev–Trinajstić information content (AvgIpc) is 2.70. The van der Waals surface area contributed by atoms with Crippen LogP contribution in [0.1, 0.15) is 6.42 Å². The molecule has 6 heteroatoms. The van der Waals surface area contributed by atoms with E-state index in [1.807, 2.05) is 24.3 Å². The standard InChI is InChI=1S/C21H20N2O4/c1-26-20-14-16(15-8-11-22-12-9-15)6-7-17(20)23-21(25)10-13-27-19-5-3-2-4-18(19)24/h2-9,11-12,14,24H,10,13H2,1H3,(H,23,25). The van der Waals surface area contributed by atoms with Crippen molar-refractivity contribution in [2.24, 2.45) is 0 Å². The Kier molecular flexibility index (Phi) is 5.89. The quantitative estimate of drug-likeness (QED) is 0.665. The van der Waals surface area contributed by atoms with Crippen LogP contribution >= 0.6 is 0 Å². The van der Waals surface area contributed by atoms with Crippen LogP contribution in [-0.4, -0.2) is 29.7 Å². The molecule has 138 valence electrons. The molecule has 0 aliphatic heterocycles. The maximum atomic E-state index is 12.2. The van der Waals surface area contributed by atoms with Gasteiger partial charge in [0.2, 0.25) is 5.91 Å². The monoisotopic (exact) mass is 364 g/mol. The number of para-hydroxylation sites is 2. The zero-order chi connectivity index (χ0) is 19.1. The minimum Gasteiger partial charge on any atom is -0.504 e. The van der Waals surface area contributed by atoms with Crippen molar-refractivity contribution < 1.29 is 19.4 Å². The van der Waals surface area contributed by atoms with Crippen molar-refractivity contribution in [3.05, 3.63) is 67.0 Å². The predicted octanol–water partition coefficient (Wildman–Crippen LogP) is 3.87. The third-order valence-electron chi connectivity index (χ3n) is 3.94. The lowest BCUT2D eigenvalue weighted by molar-refractivity contribution is -0.116. The van der Waals surface area contributed by atoms with Gasteiger partial charge in [-0.25, -0.2) is 0 Å². The summed E-state index contributed by atoms with van der Waals surface area (Å²) in [5, 5.41) is 12.5. The van der Waals surface area contributed by atoms with E-state index in [1.165, 1.54) is 6.07 Å². The van der Waals surface area contributed by atoms with E-state index < -0.39 is 0 Å². The summed E-state index contributed by atoms with van der Waals surface area (Å²) >= 11 is 0. The molecule has 0 bridgehead atoms. The van der Waals surface area contributed by atoms with E-state index >= 15 is 0 Å². The Labute approximate surface area is 157 Å². The van der Waals surface area contributed by atoms with Crippen molar-refractivity contribution in [3.8, 4) is 28.4 Å². The number of phenols is 1. The molecule has 0 aliphatic carbocycles. The number of ether oxygens (including phenoxy) is 2. The lowest BCUT2D eigenvalue weighted by atomic mass is 10.1. The summed E-state index contributed by atoms with van der Waals surface area (Å²) in [4.78, 5) is 16.2. The molecule has 0 radical (unpaired) electrons. The molecule has 2 aromatic carbocycles. The predicted molar refractivity (Wildman–Crippen MR) is 103 cm³/mol. The summed E-state index contributed by atoms with van der Waals surface area (Å²) in [6, 6.07) is 16.0. The highest BCUT2D eigenvalue weighted by molar-refractivity contribution is 5.93. The molecule has 0 saturated heterocycles. The Morgan fingerprint density at radius 2 is 1.81 bits per heavy atom. The van der Waals surface area contributed by atoms with Gasteiger partial charge in [0.05, 0.1) is 25.8 Å². The first-order valence-electron chi connectivity index (χ1n) is 8.46. The lowest BCUT2D eigenvalue weighted by Crippen LogP contribution is -2.15. The first kappa shape index (κ1) is 18.3. The second-order valence-electron chi connectivity index (χ2n) is 5.77. The largest absolute Gasteiger partial charge is 0.504 e. The third kappa shape index (κ3) is 4.76. The Hall–Kier alpha value is -3.54. The second kappa shape index (κ2) is 8.71. The highest BCUT2D eigenvalue weighted by Crippen LogP contribution is 2.30. The smallest absolute Gasteiger partial charge is 0.227 e. The summed E-state index contributed by atoms with van der Waals surface area (Å²) in [5.41, 5.74) is 2.57. The normalized spacial score (nSPS) is 10.3. The molecule has 0 saturated carbocycles. The van der Waals surface area contributed by atoms with Gasteiger partial charge >= 0.3 is 0 Å². The minimum atomic E-state index is -0.208. The number of nitrogens with zero attached hydrogens (tertiary/aromatic N) is 1. The van der Waals surface area contributed by atoms with Crippen LogP contribution in [0.3, 0.4) is 0 Å². The van der Waals surface area contributed by atoms with E-state index in [1.54, 1.807) is 43.8 Å². The molecule has 0 atom stereocenters. The molecule has 6 nitrogen and oxygen atoms in total. The molecule has 1 amide bonds. The highest BCUT2D eigenvalue weighted by Gasteiger charge is 2.10. The van der Waals surface area contributed by atoms with E-state index in [2.05, 4.69) is 10.3 Å². The fourth-order valence-electron chi connectivity index (χ4n) is 2.56. The molecule has 0 unspecified atom stereocenters. The molecule has 3 aromatic rings. The van der Waals surface area contributed by atoms with Gasteiger partial charge in [-0.1, -0.05) is 18.2 Å². The van der Waals surface area contributed by atoms with Crippen LogP contribution in [-0.2, 0) is 4.79 Å². The number of benzene rings is 2. The number of anilines is 1. The number of phenolic OH excluding ortho intramolecular Hbond substituents is 1. The number of methoxy groups -OCH3 is 1. The lowest BCUT2D eigenvalue weighted by Gasteiger charge is -2.13. The highest BCUT2D eigenvalue weighted by atomic mass is 16.5. The van der Waals surface area contributed by atoms with Gasteiger partial charge in [-0.05, 0) is 47.5 Å². The number of carbonyl (C=O) groups is 1. The number of rotatable bonds is 7. The van der Waals surface area contributed by atoms with Crippen molar-refractivity contribution in [2.75, 3.05) is 19.0 Å². The molecule has 1 heterocycles. The molecular weight excluding hydrogens is 344 g/mol. The van der Waals surface area contributed by atoms with Crippen LogP contribution in [0.15, 0.2) is 67.0 Å². The topological polar surface area (TPSA) is 80.7 Å². The SMILES string of the molecule is COc1cc(-c2ccncc2)ccc1NC(=O)CCOc1ccccc1O. The minimum absolute atomic E-state index is 0.0475. The molecular formula is C21H20N2O4. The number of hydrogen-bond donors (Lipinski definition) is 2. The van der Waals surface area contributed by atoms with E-state index in [0.717, 1.165) is 11.1 Å². The third-order valence-corrected chi connectivity index (χ3v) is 3.94. The zero-order valence-electron chi connectivity index (χ0n) is 14.9. The Morgan fingerprint density at radius 3 is 2.56 bits per heavy atom. The summed E-state index contributed by atoms with van der Waals surface area (Å²) < 4.78 is 10.8. The Balaban J connectivity index is 1.61. The second-order valence-corrected chi connectivity index (χ2v) is 5.77. The van der Waals surface area contributed by atoms with Crippen LogP contribution < -0.4 is 14.8 Å². The number of carbonyl (C=O) groups excluding carboxylic acids is 1. The van der Waals surface area contributed by atoms with Crippen molar-refractivity contribution >= 4 is 11.6 Å². The van der Waals surface area contributed by atoms with Gasteiger partial charge in [0.15, 0.2) is 11.5 Å². The van der Waals surface area contributed by atoms with Gasteiger partial charge < -0.3 is 19.9 Å². The number of aromatic nitrogens is 1. The Bertz CT molecular complexity index is 913. The zero-order valence-corrected chi connectivity index (χ0v) is 14.9. The number of pyridine rings is 1. The molecule has 3 rings (SSSR count). The van der Waals surface area contributed by atoms with Crippen molar-refractivity contribution in [3.63, 3.8) is 0 Å². The first-order valence-corrected chi connectivity index (χ1v) is 8.46. The van der Waals surface area contributed by atoms with Crippen LogP contribution in [0.5, 0.6) is 17.2 Å². The van der Waals surface area contributed by atoms with Gasteiger partial charge in [0.25, 0.3) is 0 Å². The fraction of sp³-hybridized carbons (Fsp3) is 0.143. The van der Waals surface area contributed by atoms with Gasteiger partial charge in [-0.2, -0.15) is 0 Å². The van der Waals surface area contributed by atoms with E-state index in [-0.39, 0.29) is 24.7 Å². The van der Waals surface area contributed by atoms with Crippen molar-refractivity contribution in [1.29, 1.82) is 0 Å². The Morgan fingerprint density at radius 1 is 1.04 bits per heavy atom. The maximum absolute atomic E-state index is 12.2. The van der Waals surface area contributed by atoms with Crippen LogP contribution in [0.2, 0.25) is 0 Å². The summed E-state index contributed by atoms with van der Waals surface area (Å²) in [6.07, 6.45) is 3.59. The van der Waals surface area contributed by atoms with Crippen LogP contribution in [0, 0.1) is 0 Å². The van der Waals surface area contributed by atoms with Crippen molar-refractivity contribution in [1.82, 2.24) is 4.98 Å². The van der Waals surface area contributed by atoms with E-state index in [4.69, 9.17) is 9.47 Å². The number of hydrogen-bond acceptors (Lipinski definition) is 5. The molecule has 0 spiro atoms. The van der Waals surface area contributed by atoms with Crippen molar-refractivity contribution in [2.45, 2.75) is 6.42 Å². The summed E-state index contributed by atoms with van der Waals surface area (Å²) in [7, 11) is 1.56. The number of nitrogens with one attached hydrogen (secondary N) is 1. The van der Waals surface area contributed by atoms with Gasteiger partial charge in [-0.15, -0.1) is 0 Å². The summed E-state index contributed by atoms with van der Waals surface area (Å²) in [5.74, 6) is 0.760.